The number of anilines is 5. The Hall–Kier alpha value is -8.93. The molecule has 1 spiro atoms. The normalized spacial score (nSPS) is 15.5. The Morgan fingerprint density at radius 2 is 0.973 bits per heavy atom. The van der Waals surface area contributed by atoms with Crippen molar-refractivity contribution < 1.29 is 0 Å². The van der Waals surface area contributed by atoms with Gasteiger partial charge in [0.25, 0.3) is 0 Å². The maximum atomic E-state index is 5.50. The summed E-state index contributed by atoms with van der Waals surface area (Å²) in [4.78, 5) is 20.1. The average molecular weight is 936 g/mol. The van der Waals surface area contributed by atoms with Gasteiger partial charge in [-0.05, 0) is 148 Å². The van der Waals surface area contributed by atoms with Crippen LogP contribution in [0, 0.1) is 0 Å². The second-order valence-corrected chi connectivity index (χ2v) is 21.1. The van der Waals surface area contributed by atoms with Crippen molar-refractivity contribution in [2.45, 2.75) is 44.1 Å². The molecule has 0 amide bonds. The topological polar surface area (TPSA) is 44.6 Å². The third-order valence-electron chi connectivity index (χ3n) is 16.4. The van der Waals surface area contributed by atoms with E-state index in [-0.39, 0.29) is 5.41 Å². The van der Waals surface area contributed by atoms with Gasteiger partial charge in [-0.2, -0.15) is 0 Å². The number of aromatic nitrogens is 2. The fourth-order valence-electron chi connectivity index (χ4n) is 13.2. The molecule has 2 aliphatic carbocycles. The van der Waals surface area contributed by atoms with Crippen LogP contribution < -0.4 is 9.80 Å². The Morgan fingerprint density at radius 3 is 1.73 bits per heavy atom. The van der Waals surface area contributed by atoms with Crippen molar-refractivity contribution in [2.75, 3.05) is 9.80 Å². The summed E-state index contributed by atoms with van der Waals surface area (Å²) in [5, 5.41) is 4.92. The second kappa shape index (κ2) is 15.0. The molecule has 0 saturated heterocycles. The van der Waals surface area contributed by atoms with Crippen molar-refractivity contribution in [1.82, 2.24) is 9.97 Å². The summed E-state index contributed by atoms with van der Waals surface area (Å²) in [6.07, 6.45) is 1.72. The standard InChI is InChI=1S/C68H49N5/c1-66(2)57-28-16-17-29-60(57)73-62-63(66)69-41-70-64(62)67(3,4)71-65(73)43-32-30-42(31-33-43)44-34-36-52-53-37-35-47(40-59(53)68(58(52)38-44)55-26-14-12-23-50(55)51-24-13-15-27-56(51)68)72(46-19-6-5-7-20-46)61-39-45-18-8-9-21-48(45)49-22-10-11-25-54(49)61/h5-41H,1-4H3. The van der Waals surface area contributed by atoms with Gasteiger partial charge in [0.15, 0.2) is 0 Å². The Kier molecular flexibility index (Phi) is 8.62. The molecule has 11 aromatic rings. The molecule has 0 saturated carbocycles. The first kappa shape index (κ1) is 41.8. The molecule has 73 heavy (non-hydrogen) atoms. The van der Waals surface area contributed by atoms with Crippen molar-refractivity contribution in [3.63, 3.8) is 0 Å². The Labute approximate surface area is 425 Å². The number of benzene rings is 10. The molecule has 2 aliphatic heterocycles. The fraction of sp³-hybridized carbons (Fsp3) is 0.103. The predicted octanol–water partition coefficient (Wildman–Crippen LogP) is 16.7. The number of fused-ring (bicyclic) bond motifs is 15. The molecule has 0 unspecified atom stereocenters. The largest absolute Gasteiger partial charge is 0.310 e. The lowest BCUT2D eigenvalue weighted by atomic mass is 9.70. The SMILES string of the molecule is CC1(C)N=C(c2ccc(-c3ccc4c(c3)C3(c5ccccc5-c5ccccc53)c3cc(N(c5ccccc5)c5cc6ccccc6c6ccccc56)ccc3-4)cc2)N2c3ccccc3C(C)(C)c3ncnc1c32. The molecule has 346 valence electrons. The van der Waals surface area contributed by atoms with Crippen LogP contribution in [-0.4, -0.2) is 15.8 Å². The van der Waals surface area contributed by atoms with Crippen LogP contribution in [0.15, 0.2) is 230 Å². The first-order valence-electron chi connectivity index (χ1n) is 25.4. The Morgan fingerprint density at radius 1 is 0.411 bits per heavy atom. The molecular formula is C68H49N5. The van der Waals surface area contributed by atoms with E-state index in [1.807, 2.05) is 0 Å². The summed E-state index contributed by atoms with van der Waals surface area (Å²) < 4.78 is 0. The lowest BCUT2D eigenvalue weighted by Crippen LogP contribution is -2.44. The number of para-hydroxylation sites is 2. The summed E-state index contributed by atoms with van der Waals surface area (Å²) in [5.74, 6) is 0.905. The van der Waals surface area contributed by atoms with Crippen molar-refractivity contribution in [2.24, 2.45) is 4.99 Å². The van der Waals surface area contributed by atoms with Gasteiger partial charge in [-0.1, -0.05) is 176 Å². The zero-order valence-corrected chi connectivity index (χ0v) is 41.1. The first-order chi connectivity index (χ1) is 35.7. The van der Waals surface area contributed by atoms with E-state index < -0.39 is 11.0 Å². The van der Waals surface area contributed by atoms with Gasteiger partial charge >= 0.3 is 0 Å². The third kappa shape index (κ3) is 5.70. The summed E-state index contributed by atoms with van der Waals surface area (Å²) in [7, 11) is 0. The highest BCUT2D eigenvalue weighted by Crippen LogP contribution is 2.64. The van der Waals surface area contributed by atoms with E-state index in [4.69, 9.17) is 15.0 Å². The van der Waals surface area contributed by atoms with E-state index in [9.17, 15) is 0 Å². The first-order valence-corrected chi connectivity index (χ1v) is 25.4. The number of nitrogens with zero attached hydrogens (tertiary/aromatic N) is 5. The minimum Gasteiger partial charge on any atom is -0.310 e. The Balaban J connectivity index is 0.904. The molecule has 5 nitrogen and oxygen atoms in total. The minimum absolute atomic E-state index is 0.303. The monoisotopic (exact) mass is 935 g/mol. The fourth-order valence-corrected chi connectivity index (χ4v) is 13.2. The zero-order chi connectivity index (χ0) is 48.8. The van der Waals surface area contributed by atoms with E-state index in [1.165, 1.54) is 77.2 Å². The van der Waals surface area contributed by atoms with E-state index in [0.29, 0.717) is 0 Å². The molecule has 15 rings (SSSR count). The molecule has 0 bridgehead atoms. The lowest BCUT2D eigenvalue weighted by molar-refractivity contribution is 0.516. The van der Waals surface area contributed by atoms with Crippen LogP contribution in [-0.2, 0) is 16.4 Å². The second-order valence-electron chi connectivity index (χ2n) is 21.1. The smallest absolute Gasteiger partial charge is 0.141 e. The molecule has 0 N–H and O–H groups in total. The summed E-state index contributed by atoms with van der Waals surface area (Å²) in [5.41, 5.74) is 21.0. The maximum absolute atomic E-state index is 5.50. The van der Waals surface area contributed by atoms with Crippen LogP contribution in [0.25, 0.3) is 54.9 Å². The van der Waals surface area contributed by atoms with Crippen LogP contribution in [0.3, 0.4) is 0 Å². The molecule has 0 radical (unpaired) electrons. The maximum Gasteiger partial charge on any atom is 0.141 e. The molecule has 0 atom stereocenters. The van der Waals surface area contributed by atoms with Crippen LogP contribution in [0.4, 0.5) is 28.4 Å². The summed E-state index contributed by atoms with van der Waals surface area (Å²) in [6.45, 7) is 8.88. The predicted molar refractivity (Wildman–Crippen MR) is 300 cm³/mol. The number of hydrogen-bond donors (Lipinski definition) is 0. The van der Waals surface area contributed by atoms with Crippen molar-refractivity contribution >= 4 is 55.8 Å². The lowest BCUT2D eigenvalue weighted by Gasteiger charge is -2.45. The van der Waals surface area contributed by atoms with Crippen molar-refractivity contribution in [3.05, 3.63) is 269 Å². The van der Waals surface area contributed by atoms with Gasteiger partial charge in [-0.15, -0.1) is 0 Å². The Bertz CT molecular complexity index is 4120. The quantitative estimate of drug-likeness (QED) is 0.161. The molecule has 4 aliphatic rings. The molecule has 0 fully saturated rings. The van der Waals surface area contributed by atoms with E-state index >= 15 is 0 Å². The van der Waals surface area contributed by atoms with Gasteiger partial charge in [0.05, 0.1) is 33.9 Å². The number of aliphatic imine (C=N–C) groups is 1. The minimum atomic E-state index is -0.567. The highest BCUT2D eigenvalue weighted by Gasteiger charge is 2.52. The van der Waals surface area contributed by atoms with Crippen LogP contribution >= 0.6 is 0 Å². The summed E-state index contributed by atoms with van der Waals surface area (Å²) >= 11 is 0. The highest BCUT2D eigenvalue weighted by molar-refractivity contribution is 6.18. The van der Waals surface area contributed by atoms with Gasteiger partial charge in [0, 0.05) is 27.7 Å². The third-order valence-corrected chi connectivity index (χ3v) is 16.4. The van der Waals surface area contributed by atoms with Crippen molar-refractivity contribution in [1.29, 1.82) is 0 Å². The molecule has 5 heteroatoms. The number of rotatable bonds is 5. The van der Waals surface area contributed by atoms with Crippen LogP contribution in [0.5, 0.6) is 0 Å². The molecular weight excluding hydrogens is 887 g/mol. The van der Waals surface area contributed by atoms with Crippen molar-refractivity contribution in [3.8, 4) is 33.4 Å². The van der Waals surface area contributed by atoms with Gasteiger partial charge < -0.3 is 4.90 Å². The van der Waals surface area contributed by atoms with E-state index in [0.717, 1.165) is 56.8 Å². The van der Waals surface area contributed by atoms with Crippen LogP contribution in [0.1, 0.15) is 72.5 Å². The summed E-state index contributed by atoms with van der Waals surface area (Å²) in [6, 6.07) is 81.2. The van der Waals surface area contributed by atoms with Crippen LogP contribution in [0.2, 0.25) is 0 Å². The zero-order valence-electron chi connectivity index (χ0n) is 41.1. The van der Waals surface area contributed by atoms with Gasteiger partial charge in [-0.25, -0.2) is 9.97 Å². The van der Waals surface area contributed by atoms with Gasteiger partial charge in [0.1, 0.15) is 17.7 Å². The molecule has 3 heterocycles. The van der Waals surface area contributed by atoms with Gasteiger partial charge in [-0.3, -0.25) is 9.89 Å². The van der Waals surface area contributed by atoms with E-state index in [1.54, 1.807) is 6.33 Å². The number of amidine groups is 1. The highest BCUT2D eigenvalue weighted by atomic mass is 15.3. The van der Waals surface area contributed by atoms with E-state index in [2.05, 4.69) is 256 Å². The average Bonchev–Trinajstić information content (AvgIpc) is 3.90. The molecule has 1 aromatic heterocycles. The number of hydrogen-bond acceptors (Lipinski definition) is 5. The van der Waals surface area contributed by atoms with Gasteiger partial charge in [0.2, 0.25) is 0 Å². The molecule has 10 aromatic carbocycles.